The lowest BCUT2D eigenvalue weighted by molar-refractivity contribution is -0.147. The van der Waals surface area contributed by atoms with E-state index >= 15 is 0 Å². The third-order valence-corrected chi connectivity index (χ3v) is 4.83. The molecule has 0 aromatic carbocycles. The summed E-state index contributed by atoms with van der Waals surface area (Å²) in [7, 11) is 0. The fourth-order valence-corrected chi connectivity index (χ4v) is 2.72. The molecule has 0 aliphatic rings. The monoisotopic (exact) mass is 623 g/mol. The van der Waals surface area contributed by atoms with E-state index in [0.717, 1.165) is 6.92 Å². The molecule has 0 aromatic heterocycles. The highest BCUT2D eigenvalue weighted by molar-refractivity contribution is 7.80. The van der Waals surface area contributed by atoms with Gasteiger partial charge >= 0.3 is 11.9 Å². The summed E-state index contributed by atoms with van der Waals surface area (Å²) in [5.41, 5.74) is 15.9. The molecule has 3 unspecified atom stereocenters. The first-order valence-corrected chi connectivity index (χ1v) is 12.6. The van der Waals surface area contributed by atoms with Crippen molar-refractivity contribution in [3.05, 3.63) is 0 Å². The molecule has 5 amide bonds. The van der Waals surface area contributed by atoms with E-state index in [4.69, 9.17) is 37.3 Å². The maximum Gasteiger partial charge on any atom is 0.326 e. The Morgan fingerprint density at radius 1 is 0.786 bits per heavy atom. The second kappa shape index (κ2) is 22.1. The van der Waals surface area contributed by atoms with Crippen molar-refractivity contribution in [3.8, 4) is 0 Å². The molecule has 21 heteroatoms. The molecule has 0 radical (unpaired) electrons. The fraction of sp³-hybridized carbons (Fsp3) is 0.571. The van der Waals surface area contributed by atoms with Crippen LogP contribution in [0.25, 0.3) is 0 Å². The van der Waals surface area contributed by atoms with Crippen LogP contribution in [-0.2, 0) is 38.4 Å². The molecule has 0 saturated carbocycles. The van der Waals surface area contributed by atoms with Crippen LogP contribution in [0, 0.1) is 0 Å². The Morgan fingerprint density at radius 3 is 1.74 bits per heavy atom. The van der Waals surface area contributed by atoms with Gasteiger partial charge in [-0.05, 0) is 12.8 Å². The molecule has 0 saturated heterocycles. The average Bonchev–Trinajstić information content (AvgIpc) is 2.89. The van der Waals surface area contributed by atoms with E-state index in [1.54, 1.807) is 0 Å². The topological polar surface area (TPSA) is 348 Å². The minimum atomic E-state index is -1.71. The van der Waals surface area contributed by atoms with Crippen LogP contribution in [0.15, 0.2) is 4.99 Å². The number of carboxylic acid groups (broad SMARTS) is 3. The largest absolute Gasteiger partial charge is 0.481 e. The summed E-state index contributed by atoms with van der Waals surface area (Å²) in [6, 6.07) is -3.83. The highest BCUT2D eigenvalue weighted by Gasteiger charge is 2.25. The van der Waals surface area contributed by atoms with Gasteiger partial charge in [-0.1, -0.05) is 0 Å². The first kappa shape index (κ1) is 39.5. The number of nitrogens with zero attached hydrogens (tertiary/aromatic N) is 1. The van der Waals surface area contributed by atoms with Crippen molar-refractivity contribution in [3.63, 3.8) is 0 Å². The number of guanidine groups is 1. The molecule has 0 heterocycles. The van der Waals surface area contributed by atoms with Gasteiger partial charge in [-0.15, -0.1) is 0 Å². The third kappa shape index (κ3) is 22.2. The number of aliphatic carboxylic acids is 3. The number of carboxylic acids is 3. The normalized spacial score (nSPS) is 12.0. The number of hydrogen-bond acceptors (Lipinski definition) is 11. The van der Waals surface area contributed by atoms with E-state index in [-0.39, 0.29) is 31.1 Å². The number of hydrogen-bond donors (Lipinski definition) is 12. The summed E-state index contributed by atoms with van der Waals surface area (Å²) in [6.07, 6.45) is -0.639. The number of nitrogens with one attached hydrogen (secondary N) is 5. The molecule has 0 rings (SSSR count). The Labute approximate surface area is 245 Å². The van der Waals surface area contributed by atoms with Crippen LogP contribution in [0.3, 0.4) is 0 Å². The lowest BCUT2D eigenvalue weighted by Crippen LogP contribution is -2.52. The molecule has 14 N–H and O–H groups in total. The van der Waals surface area contributed by atoms with Crippen LogP contribution in [-0.4, -0.2) is 119 Å². The van der Waals surface area contributed by atoms with Gasteiger partial charge in [0.2, 0.25) is 29.5 Å². The van der Waals surface area contributed by atoms with Crippen molar-refractivity contribution in [1.82, 2.24) is 26.6 Å². The zero-order valence-corrected chi connectivity index (χ0v) is 23.5. The molecular formula is C21H37N9O11S. The molecule has 42 heavy (non-hydrogen) atoms. The second-order valence-corrected chi connectivity index (χ2v) is 8.51. The quantitative estimate of drug-likeness (QED) is 0.0293. The van der Waals surface area contributed by atoms with Gasteiger partial charge in [-0.3, -0.25) is 38.6 Å². The average molecular weight is 624 g/mol. The first-order valence-electron chi connectivity index (χ1n) is 12.0. The smallest absolute Gasteiger partial charge is 0.326 e. The van der Waals surface area contributed by atoms with Gasteiger partial charge < -0.3 is 59.1 Å². The number of nitrogens with two attached hydrogens (primary N) is 3. The molecule has 3 atom stereocenters. The molecule has 0 aliphatic heterocycles. The van der Waals surface area contributed by atoms with E-state index < -0.39 is 91.6 Å². The standard InChI is InChI=1S/C19H33N9O9S.C2H4O2/c20-9(8-38)16(34)25-5-12(29)24-6-13(30)27-10(2-1-3-23-19(21)22)17(35)26-7-14(31)28-11(18(36)37)4-15(32)33;1-2(3)4/h9-11,38H,1-8,20H2,(H,24,29)(H,25,34)(H,26,35)(H,27,30)(H,28,31)(H,32,33)(H,36,37)(H4,21,22,23);1H3,(H,3,4). The minimum Gasteiger partial charge on any atom is -0.481 e. The molecule has 0 fully saturated rings. The van der Waals surface area contributed by atoms with Crippen molar-refractivity contribution in [2.45, 2.75) is 44.3 Å². The molecular weight excluding hydrogens is 586 g/mol. The maximum absolute atomic E-state index is 12.6. The van der Waals surface area contributed by atoms with Gasteiger partial charge in [0.25, 0.3) is 5.97 Å². The van der Waals surface area contributed by atoms with Gasteiger partial charge in [0.1, 0.15) is 12.1 Å². The van der Waals surface area contributed by atoms with Crippen molar-refractivity contribution >= 4 is 66.0 Å². The molecule has 0 aromatic rings. The Kier molecular flexibility index (Phi) is 20.8. The fourth-order valence-electron chi connectivity index (χ4n) is 2.55. The summed E-state index contributed by atoms with van der Waals surface area (Å²) in [5.74, 6) is -7.91. The first-order chi connectivity index (χ1) is 19.5. The number of amides is 5. The Balaban J connectivity index is 0. The van der Waals surface area contributed by atoms with Crippen LogP contribution in [0.1, 0.15) is 26.2 Å². The molecule has 0 aliphatic carbocycles. The molecule has 20 nitrogen and oxygen atoms in total. The Hall–Kier alpha value is -4.66. The lowest BCUT2D eigenvalue weighted by Gasteiger charge is -2.19. The Morgan fingerprint density at radius 2 is 1.26 bits per heavy atom. The highest BCUT2D eigenvalue weighted by Crippen LogP contribution is 1.99. The van der Waals surface area contributed by atoms with Crippen molar-refractivity contribution < 1.29 is 53.7 Å². The molecule has 0 spiro atoms. The van der Waals surface area contributed by atoms with Crippen molar-refractivity contribution in [1.29, 1.82) is 0 Å². The van der Waals surface area contributed by atoms with E-state index in [1.807, 2.05) is 5.32 Å². The highest BCUT2D eigenvalue weighted by atomic mass is 32.1. The molecule has 0 bridgehead atoms. The predicted octanol–water partition coefficient (Wildman–Crippen LogP) is -5.73. The van der Waals surface area contributed by atoms with Crippen molar-refractivity contribution in [2.75, 3.05) is 31.9 Å². The minimum absolute atomic E-state index is 0.0123. The van der Waals surface area contributed by atoms with Gasteiger partial charge in [-0.25, -0.2) is 4.79 Å². The van der Waals surface area contributed by atoms with Crippen LogP contribution >= 0.6 is 12.6 Å². The summed E-state index contributed by atoms with van der Waals surface area (Å²) in [4.78, 5) is 94.7. The summed E-state index contributed by atoms with van der Waals surface area (Å²) < 4.78 is 0. The summed E-state index contributed by atoms with van der Waals surface area (Å²) in [6.45, 7) is -0.526. The van der Waals surface area contributed by atoms with Gasteiger partial charge in [0.15, 0.2) is 5.96 Å². The lowest BCUT2D eigenvalue weighted by atomic mass is 10.1. The number of carbonyl (C=O) groups is 8. The summed E-state index contributed by atoms with van der Waals surface area (Å²) >= 11 is 3.86. The summed E-state index contributed by atoms with van der Waals surface area (Å²) in [5, 5.41) is 36.1. The number of rotatable bonds is 18. The van der Waals surface area contributed by atoms with Crippen molar-refractivity contribution in [2.24, 2.45) is 22.2 Å². The third-order valence-electron chi connectivity index (χ3n) is 4.43. The SMILES string of the molecule is CC(=O)O.NC(N)=NCCCC(NC(=O)CNC(=O)CNC(=O)C(N)CS)C(=O)NCC(=O)NC(CC(=O)O)C(=O)O. The zero-order chi connectivity index (χ0) is 32.8. The van der Waals surface area contributed by atoms with Crippen LogP contribution in [0.4, 0.5) is 0 Å². The van der Waals surface area contributed by atoms with Crippen LogP contribution in [0.2, 0.25) is 0 Å². The maximum atomic E-state index is 12.6. The van der Waals surface area contributed by atoms with E-state index in [0.29, 0.717) is 0 Å². The van der Waals surface area contributed by atoms with Gasteiger partial charge in [0, 0.05) is 19.2 Å². The van der Waals surface area contributed by atoms with Gasteiger partial charge in [0.05, 0.1) is 32.1 Å². The number of aliphatic imine (C=N–C) groups is 1. The molecule has 238 valence electrons. The van der Waals surface area contributed by atoms with Crippen LogP contribution < -0.4 is 43.8 Å². The Bertz CT molecular complexity index is 1000. The second-order valence-electron chi connectivity index (χ2n) is 8.15. The number of carbonyl (C=O) groups excluding carboxylic acids is 5. The van der Waals surface area contributed by atoms with Crippen LogP contribution in [0.5, 0.6) is 0 Å². The van der Waals surface area contributed by atoms with E-state index in [2.05, 4.69) is 38.9 Å². The predicted molar refractivity (Wildman–Crippen MR) is 148 cm³/mol. The number of thiol groups is 1. The van der Waals surface area contributed by atoms with E-state index in [1.165, 1.54) is 0 Å². The zero-order valence-electron chi connectivity index (χ0n) is 22.6. The van der Waals surface area contributed by atoms with E-state index in [9.17, 15) is 33.6 Å². The van der Waals surface area contributed by atoms with Gasteiger partial charge in [-0.2, -0.15) is 12.6 Å².